The fraction of sp³-hybridized carbons (Fsp3) is 0.909. The van der Waals surface area contributed by atoms with Gasteiger partial charge in [0.15, 0.2) is 5.92 Å². The Morgan fingerprint density at radius 2 is 1.07 bits per heavy atom. The van der Waals surface area contributed by atoms with E-state index in [0.29, 0.717) is 6.42 Å². The Labute approximate surface area is 210 Å². The van der Waals surface area contributed by atoms with Crippen molar-refractivity contribution in [1.29, 1.82) is 0 Å². The van der Waals surface area contributed by atoms with Gasteiger partial charge in [-0.3, -0.25) is 9.59 Å². The summed E-state index contributed by atoms with van der Waals surface area (Å²) < 4.78 is 4.53. The summed E-state index contributed by atoms with van der Waals surface area (Å²) in [5.41, 5.74) is 0. The molecule has 0 radical (unpaired) electrons. The molecule has 0 heterocycles. The van der Waals surface area contributed by atoms with E-state index in [4.69, 9.17) is 5.11 Å². The first-order valence-corrected chi connectivity index (χ1v) is 10.9. The monoisotopic (exact) mass is 510 g/mol. The molecular weight excluding hydrogens is 466 g/mol. The van der Waals surface area contributed by atoms with E-state index in [0.717, 1.165) is 19.3 Å². The second-order valence-corrected chi connectivity index (χ2v) is 7.51. The van der Waals surface area contributed by atoms with Gasteiger partial charge in [-0.25, -0.2) is 0 Å². The molecule has 1 unspecified atom stereocenters. The SMILES string of the molecule is CCCCCCCCCCCCCCCCCCC(C(=O)O)C(=O)OC.[Ba+2].[H-].[H-]. The summed E-state index contributed by atoms with van der Waals surface area (Å²) in [7, 11) is 1.24. The molecular formula is C22H44BaO4. The van der Waals surface area contributed by atoms with E-state index in [1.165, 1.54) is 90.6 Å². The van der Waals surface area contributed by atoms with Gasteiger partial charge < -0.3 is 12.7 Å². The normalized spacial score (nSPS) is 11.6. The van der Waals surface area contributed by atoms with E-state index < -0.39 is 17.9 Å². The van der Waals surface area contributed by atoms with Crippen LogP contribution in [0.4, 0.5) is 0 Å². The molecule has 0 spiro atoms. The fourth-order valence-electron chi connectivity index (χ4n) is 3.38. The first kappa shape index (κ1) is 29.7. The third-order valence-corrected chi connectivity index (χ3v) is 5.13. The van der Waals surface area contributed by atoms with Crippen LogP contribution in [0.15, 0.2) is 0 Å². The van der Waals surface area contributed by atoms with Crippen LogP contribution in [0.2, 0.25) is 0 Å². The molecule has 0 aliphatic carbocycles. The number of unbranched alkanes of at least 4 members (excludes halogenated alkanes) is 15. The number of carbonyl (C=O) groups is 2. The number of ether oxygens (including phenoxy) is 1. The summed E-state index contributed by atoms with van der Waals surface area (Å²) >= 11 is 0. The quantitative estimate of drug-likeness (QED) is 0.0953. The first-order valence-electron chi connectivity index (χ1n) is 10.9. The first-order chi connectivity index (χ1) is 12.6. The molecule has 0 aliphatic heterocycles. The zero-order chi connectivity index (χ0) is 19.5. The summed E-state index contributed by atoms with van der Waals surface area (Å²) in [6.07, 6.45) is 21.0. The Morgan fingerprint density at radius 3 is 1.37 bits per heavy atom. The van der Waals surface area contributed by atoms with Gasteiger partial charge in [-0.05, 0) is 6.42 Å². The van der Waals surface area contributed by atoms with Crippen molar-refractivity contribution in [3.8, 4) is 0 Å². The second kappa shape index (κ2) is 22.8. The van der Waals surface area contributed by atoms with Gasteiger partial charge in [0.25, 0.3) is 0 Å². The molecule has 0 aliphatic rings. The van der Waals surface area contributed by atoms with Gasteiger partial charge >= 0.3 is 60.8 Å². The second-order valence-electron chi connectivity index (χ2n) is 7.51. The molecule has 0 aromatic rings. The van der Waals surface area contributed by atoms with Crippen LogP contribution < -0.4 is 0 Å². The van der Waals surface area contributed by atoms with Crippen LogP contribution in [0.5, 0.6) is 0 Å². The molecule has 1 N–H and O–H groups in total. The van der Waals surface area contributed by atoms with E-state index in [1.807, 2.05) is 0 Å². The van der Waals surface area contributed by atoms with Crippen LogP contribution in [-0.4, -0.2) is 73.0 Å². The molecule has 0 amide bonds. The Bertz CT molecular complexity index is 358. The van der Waals surface area contributed by atoms with Crippen molar-refractivity contribution in [2.75, 3.05) is 7.11 Å². The Kier molecular flexibility index (Phi) is 25.1. The number of carbonyl (C=O) groups excluding carboxylic acids is 1. The van der Waals surface area contributed by atoms with Crippen LogP contribution >= 0.6 is 0 Å². The molecule has 1 atom stereocenters. The van der Waals surface area contributed by atoms with E-state index in [1.54, 1.807) is 0 Å². The molecule has 158 valence electrons. The number of methoxy groups -OCH3 is 1. The van der Waals surface area contributed by atoms with Crippen molar-refractivity contribution in [2.24, 2.45) is 5.92 Å². The molecule has 27 heavy (non-hydrogen) atoms. The average molecular weight is 510 g/mol. The summed E-state index contributed by atoms with van der Waals surface area (Å²) in [4.78, 5) is 22.3. The maximum atomic E-state index is 11.3. The van der Waals surface area contributed by atoms with Crippen molar-refractivity contribution < 1.29 is 22.3 Å². The van der Waals surface area contributed by atoms with E-state index >= 15 is 0 Å². The molecule has 0 fully saturated rings. The zero-order valence-corrected chi connectivity index (χ0v) is 22.4. The van der Waals surface area contributed by atoms with Gasteiger partial charge in [-0.1, -0.05) is 110 Å². The molecule has 0 aromatic heterocycles. The van der Waals surface area contributed by atoms with Crippen LogP contribution in [0.3, 0.4) is 0 Å². The number of hydrogen-bond donors (Lipinski definition) is 1. The fourth-order valence-corrected chi connectivity index (χ4v) is 3.38. The smallest absolute Gasteiger partial charge is 1.00 e. The molecule has 5 heteroatoms. The van der Waals surface area contributed by atoms with Crippen LogP contribution in [-0.2, 0) is 14.3 Å². The molecule has 0 rings (SSSR count). The summed E-state index contributed by atoms with van der Waals surface area (Å²) in [6.45, 7) is 2.26. The summed E-state index contributed by atoms with van der Waals surface area (Å²) in [6, 6.07) is 0. The Morgan fingerprint density at radius 1 is 0.741 bits per heavy atom. The number of carboxylic acid groups (broad SMARTS) is 1. The number of carboxylic acids is 1. The number of rotatable bonds is 19. The molecule has 0 aromatic carbocycles. The predicted octanol–water partition coefficient (Wildman–Crippen LogP) is 6.36. The van der Waals surface area contributed by atoms with Gasteiger partial charge in [0.1, 0.15) is 0 Å². The summed E-state index contributed by atoms with van der Waals surface area (Å²) in [5.74, 6) is -2.69. The minimum absolute atomic E-state index is 0. The molecule has 0 saturated heterocycles. The minimum atomic E-state index is -1.07. The van der Waals surface area contributed by atoms with Crippen molar-refractivity contribution in [3.05, 3.63) is 0 Å². The third kappa shape index (κ3) is 19.6. The standard InChI is InChI=1S/C22H42O4.Ba.2H/c1-3-4-5-6-7-8-9-10-11-12-13-14-15-16-17-18-19-20(21(23)24)22(25)26-2;;;/h20H,3-19H2,1-2H3,(H,23,24);;;/q;+2;2*-1. The number of aliphatic carboxylic acids is 1. The third-order valence-electron chi connectivity index (χ3n) is 5.13. The van der Waals surface area contributed by atoms with E-state index in [9.17, 15) is 9.59 Å². The van der Waals surface area contributed by atoms with Crippen molar-refractivity contribution >= 4 is 60.8 Å². The molecule has 0 bridgehead atoms. The maximum Gasteiger partial charge on any atom is 2.00 e. The number of hydrogen-bond acceptors (Lipinski definition) is 3. The van der Waals surface area contributed by atoms with Gasteiger partial charge in [0.05, 0.1) is 7.11 Å². The van der Waals surface area contributed by atoms with Crippen molar-refractivity contribution in [2.45, 2.75) is 116 Å². The maximum absolute atomic E-state index is 11.3. The van der Waals surface area contributed by atoms with Crippen molar-refractivity contribution in [3.63, 3.8) is 0 Å². The van der Waals surface area contributed by atoms with Gasteiger partial charge in [0.2, 0.25) is 0 Å². The average Bonchev–Trinajstić information content (AvgIpc) is 2.63. The Balaban J connectivity index is -0.00000104. The van der Waals surface area contributed by atoms with Crippen molar-refractivity contribution in [1.82, 2.24) is 0 Å². The van der Waals surface area contributed by atoms with Gasteiger partial charge in [-0.2, -0.15) is 0 Å². The zero-order valence-electron chi connectivity index (χ0n) is 20.0. The summed E-state index contributed by atoms with van der Waals surface area (Å²) in [5, 5.41) is 9.00. The van der Waals surface area contributed by atoms with E-state index in [2.05, 4.69) is 11.7 Å². The van der Waals surface area contributed by atoms with E-state index in [-0.39, 0.29) is 51.7 Å². The van der Waals surface area contributed by atoms with Crippen LogP contribution in [0.25, 0.3) is 0 Å². The minimum Gasteiger partial charge on any atom is -1.00 e. The largest absolute Gasteiger partial charge is 2.00 e. The van der Waals surface area contributed by atoms with Gasteiger partial charge in [0, 0.05) is 0 Å². The van der Waals surface area contributed by atoms with Crippen LogP contribution in [0, 0.1) is 5.92 Å². The molecule has 4 nitrogen and oxygen atoms in total. The topological polar surface area (TPSA) is 63.6 Å². The van der Waals surface area contributed by atoms with Gasteiger partial charge in [-0.15, -0.1) is 0 Å². The Hall–Kier alpha value is 0.511. The molecule has 0 saturated carbocycles. The number of esters is 1. The van der Waals surface area contributed by atoms with Crippen LogP contribution in [0.1, 0.15) is 119 Å². The predicted molar refractivity (Wildman–Crippen MR) is 115 cm³/mol.